The van der Waals surface area contributed by atoms with E-state index < -0.39 is 17.7 Å². The first-order chi connectivity index (χ1) is 16.3. The summed E-state index contributed by atoms with van der Waals surface area (Å²) in [6.07, 6.45) is 0.0552. The summed E-state index contributed by atoms with van der Waals surface area (Å²) < 4.78 is 33.9. The summed E-state index contributed by atoms with van der Waals surface area (Å²) in [7, 11) is 0. The van der Waals surface area contributed by atoms with Gasteiger partial charge in [-0.15, -0.1) is 5.10 Å². The van der Waals surface area contributed by atoms with Gasteiger partial charge in [-0.3, -0.25) is 4.98 Å². The topological polar surface area (TPSA) is 94.8 Å². The third-order valence-electron chi connectivity index (χ3n) is 5.03. The van der Waals surface area contributed by atoms with Crippen LogP contribution in [0.2, 0.25) is 0 Å². The molecule has 0 aliphatic rings. The molecule has 4 aromatic rings. The molecule has 4 rings (SSSR count). The molecule has 0 bridgehead atoms. The lowest BCUT2D eigenvalue weighted by molar-refractivity contribution is 0.199. The van der Waals surface area contributed by atoms with Gasteiger partial charge < -0.3 is 10.1 Å². The van der Waals surface area contributed by atoms with E-state index in [1.54, 1.807) is 16.8 Å². The number of ether oxygens (including phenoxy) is 1. The molecule has 10 heteroatoms. The number of amides is 1. The Hall–Kier alpha value is -4.21. The van der Waals surface area contributed by atoms with Gasteiger partial charge in [0.15, 0.2) is 5.82 Å². The molecule has 0 atom stereocenters. The Bertz CT molecular complexity index is 1320. The Balaban J connectivity index is 1.62. The maximum atomic E-state index is 13.8. The number of halogens is 2. The number of aryl methyl sites for hydroxylation is 1. The average Bonchev–Trinajstić information content (AvgIpc) is 3.29. The molecule has 8 nitrogen and oxygen atoms in total. The maximum Gasteiger partial charge on any atom is 0.412 e. The van der Waals surface area contributed by atoms with Gasteiger partial charge in [0.2, 0.25) is 0 Å². The molecule has 0 aliphatic carbocycles. The average molecular weight is 464 g/mol. The van der Waals surface area contributed by atoms with Crippen LogP contribution in [0, 0.1) is 18.6 Å². The molecular formula is C24H22F2N6O2. The number of tetrazole rings is 1. The van der Waals surface area contributed by atoms with E-state index in [2.05, 4.69) is 25.8 Å². The van der Waals surface area contributed by atoms with Crippen molar-refractivity contribution < 1.29 is 18.3 Å². The van der Waals surface area contributed by atoms with Crippen LogP contribution in [0.1, 0.15) is 36.8 Å². The van der Waals surface area contributed by atoms with E-state index in [1.807, 2.05) is 51.1 Å². The van der Waals surface area contributed by atoms with Crippen LogP contribution in [0.3, 0.4) is 0 Å². The van der Waals surface area contributed by atoms with Gasteiger partial charge in [-0.2, -0.15) is 4.68 Å². The zero-order valence-corrected chi connectivity index (χ0v) is 18.8. The van der Waals surface area contributed by atoms with E-state index in [1.165, 1.54) is 0 Å². The third-order valence-corrected chi connectivity index (χ3v) is 5.03. The second-order valence-electron chi connectivity index (χ2n) is 8.01. The summed E-state index contributed by atoms with van der Waals surface area (Å²) in [4.78, 5) is 16.1. The van der Waals surface area contributed by atoms with E-state index in [4.69, 9.17) is 4.74 Å². The highest BCUT2D eigenvalue weighted by atomic mass is 19.1. The molecule has 0 fully saturated rings. The van der Waals surface area contributed by atoms with E-state index in [0.717, 1.165) is 22.9 Å². The van der Waals surface area contributed by atoms with Gasteiger partial charge in [-0.1, -0.05) is 43.7 Å². The molecule has 34 heavy (non-hydrogen) atoms. The van der Waals surface area contributed by atoms with Crippen LogP contribution in [0.5, 0.6) is 5.75 Å². The second kappa shape index (κ2) is 9.74. The number of nitrogens with one attached hydrogen (secondary N) is 1. The van der Waals surface area contributed by atoms with Crippen LogP contribution in [0.4, 0.5) is 13.6 Å². The summed E-state index contributed by atoms with van der Waals surface area (Å²) in [5, 5.41) is 14.4. The standard InChI is InChI=1S/C24H22F2N6O2/c1-14(2)23-29-30-31-32(23)19-8-17(16-6-4-15(3)5-7-16)9-20(11-19)34-24(33)28-13-22-21(26)10-18(25)12-27-22/h4-12,14H,13H2,1-3H3,(H,28,33). The van der Waals surface area contributed by atoms with Crippen molar-refractivity contribution in [3.8, 4) is 22.6 Å². The van der Waals surface area contributed by atoms with Gasteiger partial charge in [0.25, 0.3) is 0 Å². The minimum atomic E-state index is -0.858. The van der Waals surface area contributed by atoms with Gasteiger partial charge in [0.1, 0.15) is 17.4 Å². The summed E-state index contributed by atoms with van der Waals surface area (Å²) in [5.74, 6) is -0.710. The van der Waals surface area contributed by atoms with Crippen molar-refractivity contribution in [3.05, 3.63) is 83.4 Å². The smallest absolute Gasteiger partial charge is 0.410 e. The molecule has 0 saturated carbocycles. The lowest BCUT2D eigenvalue weighted by Crippen LogP contribution is -2.27. The molecular weight excluding hydrogens is 442 g/mol. The van der Waals surface area contributed by atoms with Gasteiger partial charge in [0.05, 0.1) is 24.1 Å². The zero-order valence-electron chi connectivity index (χ0n) is 18.8. The zero-order chi connectivity index (χ0) is 24.2. The van der Waals surface area contributed by atoms with Crippen molar-refractivity contribution in [2.75, 3.05) is 0 Å². The van der Waals surface area contributed by atoms with Crippen molar-refractivity contribution in [3.63, 3.8) is 0 Å². The van der Waals surface area contributed by atoms with E-state index in [-0.39, 0.29) is 23.9 Å². The van der Waals surface area contributed by atoms with Crippen molar-refractivity contribution in [2.45, 2.75) is 33.2 Å². The summed E-state index contributed by atoms with van der Waals surface area (Å²) in [6.45, 7) is 5.67. The molecule has 1 N–H and O–H groups in total. The number of carbonyl (C=O) groups is 1. The summed E-state index contributed by atoms with van der Waals surface area (Å²) in [5.41, 5.74) is 3.31. The van der Waals surface area contributed by atoms with Gasteiger partial charge in [-0.05, 0) is 40.6 Å². The lowest BCUT2D eigenvalue weighted by Gasteiger charge is -2.13. The van der Waals surface area contributed by atoms with Crippen LogP contribution >= 0.6 is 0 Å². The highest BCUT2D eigenvalue weighted by Crippen LogP contribution is 2.29. The minimum absolute atomic E-state index is 0.0591. The first-order valence-electron chi connectivity index (χ1n) is 10.6. The summed E-state index contributed by atoms with van der Waals surface area (Å²) in [6, 6.07) is 13.8. The quantitative estimate of drug-likeness (QED) is 0.444. The lowest BCUT2D eigenvalue weighted by atomic mass is 10.0. The normalized spacial score (nSPS) is 11.0. The van der Waals surface area contributed by atoms with E-state index in [0.29, 0.717) is 17.6 Å². The Morgan fingerprint density at radius 2 is 1.85 bits per heavy atom. The van der Waals surface area contributed by atoms with Crippen molar-refractivity contribution in [2.24, 2.45) is 0 Å². The predicted octanol–water partition coefficient (Wildman–Crippen LogP) is 4.72. The Kier molecular flexibility index (Phi) is 6.58. The highest BCUT2D eigenvalue weighted by molar-refractivity contribution is 5.73. The van der Waals surface area contributed by atoms with Crippen LogP contribution < -0.4 is 10.1 Å². The van der Waals surface area contributed by atoms with Gasteiger partial charge in [-0.25, -0.2) is 13.6 Å². The van der Waals surface area contributed by atoms with Gasteiger partial charge >= 0.3 is 6.09 Å². The Morgan fingerprint density at radius 1 is 1.09 bits per heavy atom. The fraction of sp³-hybridized carbons (Fsp3) is 0.208. The largest absolute Gasteiger partial charge is 0.412 e. The predicted molar refractivity (Wildman–Crippen MR) is 120 cm³/mol. The van der Waals surface area contributed by atoms with Crippen molar-refractivity contribution >= 4 is 6.09 Å². The Labute approximate surface area is 194 Å². The molecule has 0 radical (unpaired) electrons. The maximum absolute atomic E-state index is 13.8. The third kappa shape index (κ3) is 5.22. The molecule has 2 aromatic heterocycles. The molecule has 2 aromatic carbocycles. The second-order valence-corrected chi connectivity index (χ2v) is 8.01. The number of carbonyl (C=O) groups excluding carboxylic acids is 1. The number of aromatic nitrogens is 5. The first kappa shape index (κ1) is 23.0. The highest BCUT2D eigenvalue weighted by Gasteiger charge is 2.16. The minimum Gasteiger partial charge on any atom is -0.410 e. The summed E-state index contributed by atoms with van der Waals surface area (Å²) >= 11 is 0. The number of nitrogens with zero attached hydrogens (tertiary/aromatic N) is 5. The fourth-order valence-corrected chi connectivity index (χ4v) is 3.29. The van der Waals surface area contributed by atoms with Gasteiger partial charge in [0, 0.05) is 18.1 Å². The van der Waals surface area contributed by atoms with E-state index in [9.17, 15) is 13.6 Å². The fourth-order valence-electron chi connectivity index (χ4n) is 3.29. The van der Waals surface area contributed by atoms with E-state index >= 15 is 0 Å². The number of benzene rings is 2. The molecule has 0 unspecified atom stereocenters. The monoisotopic (exact) mass is 464 g/mol. The molecule has 0 spiro atoms. The Morgan fingerprint density at radius 3 is 2.56 bits per heavy atom. The molecule has 0 aliphatic heterocycles. The van der Waals surface area contributed by atoms with Crippen LogP contribution in [0.25, 0.3) is 16.8 Å². The first-order valence-corrected chi connectivity index (χ1v) is 10.6. The number of hydrogen-bond acceptors (Lipinski definition) is 6. The van der Waals surface area contributed by atoms with Crippen molar-refractivity contribution in [1.82, 2.24) is 30.5 Å². The molecule has 1 amide bonds. The SMILES string of the molecule is Cc1ccc(-c2cc(OC(=O)NCc3ncc(F)cc3F)cc(-n3nnnc3C(C)C)c2)cc1. The molecule has 2 heterocycles. The van der Waals surface area contributed by atoms with Crippen LogP contribution in [-0.2, 0) is 6.54 Å². The number of hydrogen-bond donors (Lipinski definition) is 1. The molecule has 174 valence electrons. The van der Waals surface area contributed by atoms with Crippen LogP contribution in [0.15, 0.2) is 54.7 Å². The number of pyridine rings is 1. The number of rotatable bonds is 6. The molecule has 0 saturated heterocycles. The van der Waals surface area contributed by atoms with Crippen molar-refractivity contribution in [1.29, 1.82) is 0 Å². The van der Waals surface area contributed by atoms with Crippen LogP contribution in [-0.4, -0.2) is 31.3 Å².